The molecule has 3 heteroatoms. The van der Waals surface area contributed by atoms with E-state index in [4.69, 9.17) is 16.7 Å². The molecule has 112 valence electrons. The summed E-state index contributed by atoms with van der Waals surface area (Å²) in [6.07, 6.45) is 5.95. The van der Waals surface area contributed by atoms with Gasteiger partial charge in [-0.15, -0.1) is 0 Å². The van der Waals surface area contributed by atoms with Crippen molar-refractivity contribution in [1.29, 1.82) is 0 Å². The van der Waals surface area contributed by atoms with E-state index in [1.165, 1.54) is 5.22 Å². The molecule has 0 saturated heterocycles. The lowest BCUT2D eigenvalue weighted by atomic mass is 9.71. The first-order chi connectivity index (χ1) is 10.6. The molecule has 0 radical (unpaired) electrons. The van der Waals surface area contributed by atoms with E-state index in [9.17, 15) is 4.79 Å². The second-order valence-electron chi connectivity index (χ2n) is 5.74. The van der Waals surface area contributed by atoms with Crippen LogP contribution in [0.1, 0.15) is 24.8 Å². The number of fused-ring (bicyclic) bond motifs is 1. The molecule has 0 aliphatic heterocycles. The van der Waals surface area contributed by atoms with Gasteiger partial charge in [0.25, 0.3) is 0 Å². The monoisotopic (exact) mass is 312 g/mol. The Morgan fingerprint density at radius 3 is 2.45 bits per heavy atom. The maximum atomic E-state index is 11.1. The molecular weight excluding hydrogens is 296 g/mol. The molecule has 1 aliphatic rings. The first-order valence-corrected chi connectivity index (χ1v) is 7.73. The highest BCUT2D eigenvalue weighted by Crippen LogP contribution is 2.37. The Morgan fingerprint density at radius 1 is 1.09 bits per heavy atom. The Balaban J connectivity index is 2.11. The van der Waals surface area contributed by atoms with Crippen LogP contribution in [0.2, 0.25) is 5.02 Å². The molecule has 1 aliphatic carbocycles. The maximum absolute atomic E-state index is 11.1. The molecule has 2 aromatic rings. The van der Waals surface area contributed by atoms with Crippen molar-refractivity contribution in [2.24, 2.45) is 0 Å². The molecule has 0 bridgehead atoms. The topological polar surface area (TPSA) is 37.3 Å². The summed E-state index contributed by atoms with van der Waals surface area (Å²) in [6, 6.07) is 16.0. The second kappa shape index (κ2) is 5.98. The first-order valence-electron chi connectivity index (χ1n) is 7.35. The van der Waals surface area contributed by atoms with Gasteiger partial charge in [-0.2, -0.15) is 0 Å². The van der Waals surface area contributed by atoms with Gasteiger partial charge in [0.1, 0.15) is 0 Å². The molecule has 1 atom stereocenters. The number of carbonyl (C=O) groups is 1. The van der Waals surface area contributed by atoms with Crippen LogP contribution in [0.4, 0.5) is 0 Å². The smallest absolute Gasteiger partial charge is 0.303 e. The largest absolute Gasteiger partial charge is 0.481 e. The van der Waals surface area contributed by atoms with Crippen LogP contribution in [0.15, 0.2) is 48.5 Å². The number of carboxylic acid groups (broad SMARTS) is 1. The number of hydrogen-bond donors (Lipinski definition) is 1. The number of aliphatic carboxylic acids is 1. The molecule has 0 saturated carbocycles. The molecule has 2 aromatic carbocycles. The van der Waals surface area contributed by atoms with Gasteiger partial charge in [-0.1, -0.05) is 60.2 Å². The van der Waals surface area contributed by atoms with Crippen molar-refractivity contribution in [2.75, 3.05) is 0 Å². The molecule has 0 spiro atoms. The molecule has 3 rings (SSSR count). The van der Waals surface area contributed by atoms with Gasteiger partial charge in [0.15, 0.2) is 0 Å². The van der Waals surface area contributed by atoms with Crippen molar-refractivity contribution in [1.82, 2.24) is 0 Å². The van der Waals surface area contributed by atoms with E-state index in [1.54, 1.807) is 0 Å². The van der Waals surface area contributed by atoms with Gasteiger partial charge in [-0.05, 0) is 41.0 Å². The van der Waals surface area contributed by atoms with Crippen molar-refractivity contribution in [3.8, 4) is 0 Å². The second-order valence-corrected chi connectivity index (χ2v) is 6.17. The number of rotatable bonds is 4. The fourth-order valence-corrected chi connectivity index (χ4v) is 3.23. The minimum atomic E-state index is -0.763. The van der Waals surface area contributed by atoms with Gasteiger partial charge >= 0.3 is 5.97 Å². The number of carboxylic acids is 1. The van der Waals surface area contributed by atoms with Gasteiger partial charge in [0.2, 0.25) is 0 Å². The van der Waals surface area contributed by atoms with E-state index in [0.717, 1.165) is 17.2 Å². The van der Waals surface area contributed by atoms with E-state index >= 15 is 0 Å². The summed E-state index contributed by atoms with van der Waals surface area (Å²) in [5, 5.41) is 12.2. The Labute approximate surface area is 134 Å². The average Bonchev–Trinajstić information content (AvgIpc) is 2.53. The van der Waals surface area contributed by atoms with Gasteiger partial charge in [-0.3, -0.25) is 4.79 Å². The lowest BCUT2D eigenvalue weighted by Crippen LogP contribution is -2.36. The zero-order valence-corrected chi connectivity index (χ0v) is 12.9. The average molecular weight is 313 g/mol. The maximum Gasteiger partial charge on any atom is 0.303 e. The molecule has 0 heterocycles. The normalized spacial score (nSPS) is 19.7. The zero-order chi connectivity index (χ0) is 15.6. The third-order valence-electron chi connectivity index (χ3n) is 4.32. The predicted octanol–water partition coefficient (Wildman–Crippen LogP) is 3.11. The Morgan fingerprint density at radius 2 is 1.77 bits per heavy atom. The number of benzene rings is 2. The Bertz CT molecular complexity index is 808. The Hall–Kier alpha value is -2.06. The summed E-state index contributed by atoms with van der Waals surface area (Å²) in [7, 11) is 0. The van der Waals surface area contributed by atoms with Crippen LogP contribution in [-0.2, 0) is 10.2 Å². The molecule has 1 N–H and O–H groups in total. The lowest BCUT2D eigenvalue weighted by Gasteiger charge is -2.32. The summed E-state index contributed by atoms with van der Waals surface area (Å²) in [5.41, 5.74) is 0.834. The van der Waals surface area contributed by atoms with Crippen molar-refractivity contribution in [3.05, 3.63) is 69.6 Å². The Kier molecular flexibility index (Phi) is 4.04. The van der Waals surface area contributed by atoms with E-state index in [2.05, 4.69) is 24.3 Å². The van der Waals surface area contributed by atoms with Crippen LogP contribution in [0.3, 0.4) is 0 Å². The molecule has 2 nitrogen and oxygen atoms in total. The van der Waals surface area contributed by atoms with Crippen LogP contribution in [-0.4, -0.2) is 11.1 Å². The summed E-state index contributed by atoms with van der Waals surface area (Å²) in [6.45, 7) is 0. The van der Waals surface area contributed by atoms with E-state index in [-0.39, 0.29) is 11.8 Å². The fourth-order valence-electron chi connectivity index (χ4n) is 3.11. The van der Waals surface area contributed by atoms with Gasteiger partial charge in [-0.25, -0.2) is 0 Å². The van der Waals surface area contributed by atoms with Crippen LogP contribution in [0.5, 0.6) is 0 Å². The standard InChI is InChI=1S/C19H17ClO2/c20-17-7-5-16(6-8-17)19(12-10-18(21)22)11-9-14-3-1-2-4-15(14)13-19/h1-9,13H,10-12H2,(H,21,22). The summed E-state index contributed by atoms with van der Waals surface area (Å²) in [4.78, 5) is 11.1. The molecule has 0 fully saturated rings. The summed E-state index contributed by atoms with van der Waals surface area (Å²) >= 11 is 5.99. The van der Waals surface area contributed by atoms with E-state index < -0.39 is 5.97 Å². The van der Waals surface area contributed by atoms with E-state index in [1.807, 2.05) is 36.4 Å². The van der Waals surface area contributed by atoms with Gasteiger partial charge in [0.05, 0.1) is 0 Å². The number of halogens is 1. The fraction of sp³-hybridized carbons (Fsp3) is 0.211. The molecule has 22 heavy (non-hydrogen) atoms. The SMILES string of the molecule is O=C(O)CCC1(c2ccc(Cl)cc2)C=c2ccccc2=CC1. The van der Waals surface area contributed by atoms with Crippen molar-refractivity contribution < 1.29 is 9.90 Å². The minimum absolute atomic E-state index is 0.148. The van der Waals surface area contributed by atoms with Crippen LogP contribution < -0.4 is 10.4 Å². The minimum Gasteiger partial charge on any atom is -0.481 e. The van der Waals surface area contributed by atoms with Crippen LogP contribution >= 0.6 is 11.6 Å². The third-order valence-corrected chi connectivity index (χ3v) is 4.57. The van der Waals surface area contributed by atoms with Gasteiger partial charge < -0.3 is 5.11 Å². The van der Waals surface area contributed by atoms with Crippen LogP contribution in [0, 0.1) is 0 Å². The highest BCUT2D eigenvalue weighted by atomic mass is 35.5. The molecule has 1 unspecified atom stereocenters. The highest BCUT2D eigenvalue weighted by Gasteiger charge is 2.30. The third kappa shape index (κ3) is 2.93. The highest BCUT2D eigenvalue weighted by molar-refractivity contribution is 6.30. The molecule has 0 aromatic heterocycles. The molecule has 0 amide bonds. The van der Waals surface area contributed by atoms with Crippen molar-refractivity contribution >= 4 is 29.7 Å². The number of hydrogen-bond acceptors (Lipinski definition) is 1. The molecular formula is C19H17ClO2. The van der Waals surface area contributed by atoms with E-state index in [0.29, 0.717) is 11.4 Å². The van der Waals surface area contributed by atoms with Crippen LogP contribution in [0.25, 0.3) is 12.2 Å². The summed E-state index contributed by atoms with van der Waals surface area (Å²) < 4.78 is 0. The zero-order valence-electron chi connectivity index (χ0n) is 12.1. The van der Waals surface area contributed by atoms with Gasteiger partial charge in [0, 0.05) is 16.9 Å². The predicted molar refractivity (Wildman–Crippen MR) is 89.2 cm³/mol. The first kappa shape index (κ1) is 14.9. The quantitative estimate of drug-likeness (QED) is 0.942. The van der Waals surface area contributed by atoms with Crippen molar-refractivity contribution in [2.45, 2.75) is 24.7 Å². The lowest BCUT2D eigenvalue weighted by molar-refractivity contribution is -0.137. The summed E-state index contributed by atoms with van der Waals surface area (Å²) in [5.74, 6) is -0.763. The van der Waals surface area contributed by atoms with Crippen molar-refractivity contribution in [3.63, 3.8) is 0 Å².